The van der Waals surface area contributed by atoms with Gasteiger partial charge in [0.15, 0.2) is 11.5 Å². The summed E-state index contributed by atoms with van der Waals surface area (Å²) < 4.78 is 18.5. The third-order valence-corrected chi connectivity index (χ3v) is 5.76. The van der Waals surface area contributed by atoms with Crippen LogP contribution in [0.3, 0.4) is 0 Å². The summed E-state index contributed by atoms with van der Waals surface area (Å²) in [5, 5.41) is 16.7. The van der Waals surface area contributed by atoms with Gasteiger partial charge in [-0.3, -0.25) is 4.99 Å². The smallest absolute Gasteiger partial charge is 0.206 e. The van der Waals surface area contributed by atoms with Crippen molar-refractivity contribution < 1.29 is 19.3 Å². The molecule has 0 amide bonds. The minimum atomic E-state index is 0.0418. The van der Waals surface area contributed by atoms with Gasteiger partial charge in [-0.1, -0.05) is 0 Å². The Morgan fingerprint density at radius 1 is 1.06 bits per heavy atom. The van der Waals surface area contributed by atoms with Crippen LogP contribution < -0.4 is 19.0 Å². The number of aromatic nitrogens is 1. The Kier molecular flexibility index (Phi) is 7.40. The summed E-state index contributed by atoms with van der Waals surface area (Å²) in [5.41, 5.74) is 2.41. The highest BCUT2D eigenvalue weighted by Crippen LogP contribution is 2.35. The highest BCUT2D eigenvalue weighted by atomic mass is 79.9. The molecule has 3 rings (SSSR count). The van der Waals surface area contributed by atoms with Gasteiger partial charge in [0.25, 0.3) is 0 Å². The number of thiazole rings is 1. The van der Waals surface area contributed by atoms with Crippen LogP contribution in [-0.4, -0.2) is 43.4 Å². The Labute approximate surface area is 193 Å². The number of ether oxygens (including phenoxy) is 3. The molecule has 0 saturated heterocycles. The van der Waals surface area contributed by atoms with Crippen molar-refractivity contribution in [1.82, 2.24) is 4.68 Å². The molecule has 9 heteroatoms. The molecule has 0 unspecified atom stereocenters. The summed E-state index contributed by atoms with van der Waals surface area (Å²) >= 11 is 4.84. The number of methoxy groups -OCH3 is 3. The lowest BCUT2D eigenvalue weighted by Crippen LogP contribution is -2.14. The van der Waals surface area contributed by atoms with E-state index in [2.05, 4.69) is 15.9 Å². The van der Waals surface area contributed by atoms with E-state index in [1.807, 2.05) is 37.4 Å². The predicted molar refractivity (Wildman–Crippen MR) is 127 cm³/mol. The Balaban J connectivity index is 2.18. The fourth-order valence-electron chi connectivity index (χ4n) is 2.87. The van der Waals surface area contributed by atoms with Crippen LogP contribution in [0.5, 0.6) is 23.0 Å². The van der Waals surface area contributed by atoms with Crippen molar-refractivity contribution in [2.24, 2.45) is 10.1 Å². The molecule has 3 aromatic rings. The monoisotopic (exact) mass is 505 g/mol. The second kappa shape index (κ2) is 10.0. The van der Waals surface area contributed by atoms with E-state index in [4.69, 9.17) is 24.3 Å². The number of halogens is 1. The predicted octanol–water partition coefficient (Wildman–Crippen LogP) is 4.90. The van der Waals surface area contributed by atoms with Gasteiger partial charge in [-0.2, -0.15) is 5.10 Å². The molecule has 1 heterocycles. The van der Waals surface area contributed by atoms with Crippen LogP contribution in [0, 0.1) is 0 Å². The number of nitrogens with zero attached hydrogens (tertiary/aromatic N) is 3. The second-order valence-electron chi connectivity index (χ2n) is 6.80. The zero-order valence-corrected chi connectivity index (χ0v) is 20.3. The Bertz CT molecular complexity index is 1170. The van der Waals surface area contributed by atoms with Crippen molar-refractivity contribution in [1.29, 1.82) is 0 Å². The van der Waals surface area contributed by atoms with Gasteiger partial charge in [0.1, 0.15) is 11.5 Å². The first-order chi connectivity index (χ1) is 14.9. The zero-order chi connectivity index (χ0) is 22.5. The number of hydrogen-bond donors (Lipinski definition) is 1. The van der Waals surface area contributed by atoms with Crippen molar-refractivity contribution in [3.8, 4) is 34.3 Å². The average Bonchev–Trinajstić information content (AvgIpc) is 3.15. The topological polar surface area (TPSA) is 77.6 Å². The Hall–Kier alpha value is -2.78. The molecule has 164 valence electrons. The number of rotatable bonds is 7. The van der Waals surface area contributed by atoms with Crippen LogP contribution in [0.4, 0.5) is 0 Å². The van der Waals surface area contributed by atoms with Crippen molar-refractivity contribution in [3.63, 3.8) is 0 Å². The first-order valence-electron chi connectivity index (χ1n) is 9.45. The van der Waals surface area contributed by atoms with E-state index in [0.717, 1.165) is 21.6 Å². The molecule has 0 aliphatic rings. The molecule has 0 aliphatic carbocycles. The summed E-state index contributed by atoms with van der Waals surface area (Å²) in [6, 6.07) is 9.19. The van der Waals surface area contributed by atoms with Gasteiger partial charge in [0, 0.05) is 17.0 Å². The quantitative estimate of drug-likeness (QED) is 0.463. The van der Waals surface area contributed by atoms with E-state index in [1.165, 1.54) is 18.4 Å². The highest BCUT2D eigenvalue weighted by Gasteiger charge is 2.15. The third kappa shape index (κ3) is 5.11. The van der Waals surface area contributed by atoms with Crippen LogP contribution in [0.25, 0.3) is 11.3 Å². The molecule has 0 radical (unpaired) electrons. The maximum atomic E-state index is 10.1. The normalized spacial score (nSPS) is 12.0. The lowest BCUT2D eigenvalue weighted by molar-refractivity contribution is 0.372. The van der Waals surface area contributed by atoms with Crippen molar-refractivity contribution in [3.05, 3.63) is 50.5 Å². The average molecular weight is 506 g/mol. The lowest BCUT2D eigenvalue weighted by atomic mass is 10.1. The minimum Gasteiger partial charge on any atom is -0.503 e. The molecule has 1 aromatic heterocycles. The number of benzene rings is 2. The summed E-state index contributed by atoms with van der Waals surface area (Å²) in [7, 11) is 4.76. The molecule has 0 aliphatic heterocycles. The molecule has 0 bridgehead atoms. The molecule has 7 nitrogen and oxygen atoms in total. The minimum absolute atomic E-state index is 0.0418. The van der Waals surface area contributed by atoms with E-state index >= 15 is 0 Å². The van der Waals surface area contributed by atoms with Gasteiger partial charge in [-0.05, 0) is 65.7 Å². The molecule has 1 N–H and O–H groups in total. The molecule has 2 aromatic carbocycles. The Morgan fingerprint density at radius 2 is 1.81 bits per heavy atom. The van der Waals surface area contributed by atoms with Crippen LogP contribution in [0.15, 0.2) is 50.3 Å². The van der Waals surface area contributed by atoms with Gasteiger partial charge in [0.05, 0.1) is 37.7 Å². The van der Waals surface area contributed by atoms with Crippen molar-refractivity contribution in [2.75, 3.05) is 21.3 Å². The number of phenols is 1. The van der Waals surface area contributed by atoms with Crippen LogP contribution >= 0.6 is 27.3 Å². The molecule has 0 spiro atoms. The maximum absolute atomic E-state index is 10.1. The van der Waals surface area contributed by atoms with Crippen molar-refractivity contribution in [2.45, 2.75) is 19.9 Å². The van der Waals surface area contributed by atoms with Gasteiger partial charge < -0.3 is 19.3 Å². The van der Waals surface area contributed by atoms with Gasteiger partial charge >= 0.3 is 0 Å². The molecular weight excluding hydrogens is 482 g/mol. The number of hydrogen-bond acceptors (Lipinski definition) is 7. The van der Waals surface area contributed by atoms with Crippen LogP contribution in [0.1, 0.15) is 19.4 Å². The SMILES string of the molecule is COc1ccc(OC)c(-c2csc(=NC(C)C)n2N=Cc2cc(Br)c(O)c(OC)c2)c1. The van der Waals surface area contributed by atoms with Gasteiger partial charge in [-0.15, -0.1) is 11.3 Å². The van der Waals surface area contributed by atoms with Gasteiger partial charge in [-0.25, -0.2) is 4.68 Å². The summed E-state index contributed by atoms with van der Waals surface area (Å²) in [6.45, 7) is 4.03. The van der Waals surface area contributed by atoms with Crippen LogP contribution in [0.2, 0.25) is 0 Å². The number of aromatic hydroxyl groups is 1. The van der Waals surface area contributed by atoms with E-state index in [9.17, 15) is 5.11 Å². The second-order valence-corrected chi connectivity index (χ2v) is 8.49. The summed E-state index contributed by atoms with van der Waals surface area (Å²) in [5.74, 6) is 1.81. The van der Waals surface area contributed by atoms with E-state index in [-0.39, 0.29) is 11.8 Å². The highest BCUT2D eigenvalue weighted by molar-refractivity contribution is 9.10. The third-order valence-electron chi connectivity index (χ3n) is 4.33. The van der Waals surface area contributed by atoms with E-state index < -0.39 is 0 Å². The van der Waals surface area contributed by atoms with Crippen LogP contribution in [-0.2, 0) is 0 Å². The first-order valence-corrected chi connectivity index (χ1v) is 11.1. The number of phenolic OH excluding ortho intramolecular Hbond substituents is 1. The zero-order valence-electron chi connectivity index (χ0n) is 17.9. The van der Waals surface area contributed by atoms with Crippen molar-refractivity contribution >= 4 is 33.5 Å². The molecule has 0 fully saturated rings. The van der Waals surface area contributed by atoms with E-state index in [0.29, 0.717) is 21.7 Å². The van der Waals surface area contributed by atoms with E-state index in [1.54, 1.807) is 37.2 Å². The lowest BCUT2D eigenvalue weighted by Gasteiger charge is -2.11. The summed E-state index contributed by atoms with van der Waals surface area (Å²) in [6.07, 6.45) is 1.69. The largest absolute Gasteiger partial charge is 0.503 e. The van der Waals surface area contributed by atoms with Gasteiger partial charge in [0.2, 0.25) is 4.80 Å². The molecular formula is C22H24BrN3O4S. The molecule has 31 heavy (non-hydrogen) atoms. The Morgan fingerprint density at radius 3 is 2.45 bits per heavy atom. The fraction of sp³-hybridized carbons (Fsp3) is 0.273. The fourth-order valence-corrected chi connectivity index (χ4v) is 4.29. The summed E-state index contributed by atoms with van der Waals surface area (Å²) in [4.78, 5) is 5.45. The molecule has 0 atom stereocenters. The first kappa shape index (κ1) is 22.9. The maximum Gasteiger partial charge on any atom is 0.206 e. The standard InChI is InChI=1S/C22H24BrN3O4S/c1-13(2)25-22-26(24-11-14-8-17(23)21(27)20(9-14)30-5)18(12-31-22)16-10-15(28-3)6-7-19(16)29-4/h6-13,27H,1-5H3. The molecule has 0 saturated carbocycles.